The summed E-state index contributed by atoms with van der Waals surface area (Å²) < 4.78 is 12.5. The Balaban J connectivity index is 1.75. The van der Waals surface area contributed by atoms with E-state index in [1.165, 1.54) is 16.2 Å². The molecule has 0 saturated carbocycles. The van der Waals surface area contributed by atoms with Gasteiger partial charge >= 0.3 is 5.91 Å². The third-order valence-corrected chi connectivity index (χ3v) is 7.72. The zero-order chi connectivity index (χ0) is 27.8. The molecule has 1 aliphatic rings. The first-order chi connectivity index (χ1) is 18.7. The first kappa shape index (κ1) is 26.7. The molecule has 1 N–H and O–H groups in total. The molecule has 39 heavy (non-hydrogen) atoms. The van der Waals surface area contributed by atoms with Crippen molar-refractivity contribution in [3.63, 3.8) is 0 Å². The van der Waals surface area contributed by atoms with Gasteiger partial charge in [-0.05, 0) is 86.8 Å². The van der Waals surface area contributed by atoms with Crippen molar-refractivity contribution in [3.05, 3.63) is 87.4 Å². The largest absolute Gasteiger partial charge is 0.507 e. The van der Waals surface area contributed by atoms with Gasteiger partial charge in [0.15, 0.2) is 16.6 Å². The van der Waals surface area contributed by atoms with Crippen molar-refractivity contribution in [2.45, 2.75) is 33.7 Å². The summed E-state index contributed by atoms with van der Waals surface area (Å²) in [5, 5.41) is 12.2. The number of aromatic nitrogens is 1. The Bertz CT molecular complexity index is 1630. The van der Waals surface area contributed by atoms with Crippen LogP contribution < -0.4 is 14.4 Å². The topological polar surface area (TPSA) is 89.0 Å². The molecule has 7 nitrogen and oxygen atoms in total. The van der Waals surface area contributed by atoms with E-state index < -0.39 is 17.7 Å². The molecular formula is C30H27ClN2O5S. The van der Waals surface area contributed by atoms with Crippen LogP contribution in [-0.2, 0) is 9.59 Å². The van der Waals surface area contributed by atoms with Gasteiger partial charge in [-0.2, -0.15) is 0 Å². The van der Waals surface area contributed by atoms with Gasteiger partial charge in [0.2, 0.25) is 0 Å². The lowest BCUT2D eigenvalue weighted by molar-refractivity contribution is -0.132. The van der Waals surface area contributed by atoms with Crippen molar-refractivity contribution in [2.75, 3.05) is 18.1 Å². The number of carbonyl (C=O) groups excluding carboxylic acids is 2. The average Bonchev–Trinajstić information content (AvgIpc) is 3.44. The van der Waals surface area contributed by atoms with E-state index in [-0.39, 0.29) is 11.3 Å². The number of ketones is 1. The molecule has 0 aliphatic carbocycles. The van der Waals surface area contributed by atoms with Gasteiger partial charge < -0.3 is 14.6 Å². The summed E-state index contributed by atoms with van der Waals surface area (Å²) >= 11 is 7.37. The standard InChI is InChI=1S/C30H27ClN2O5S/c1-5-37-21-12-9-19(15-22(21)38-6-2)26-24(27(34)18-7-10-20(31)11-8-18)28(35)29(36)33(26)30-32-25-17(4)13-16(3)14-23(25)39-30/h7-15,26,34H,5-6H2,1-4H3/b27-24+. The van der Waals surface area contributed by atoms with Crippen molar-refractivity contribution in [2.24, 2.45) is 0 Å². The number of aliphatic hydroxyl groups is 1. The Hall–Kier alpha value is -3.88. The monoisotopic (exact) mass is 562 g/mol. The molecule has 2 heterocycles. The molecule has 1 amide bonds. The maximum absolute atomic E-state index is 13.6. The molecule has 5 rings (SSSR count). The average molecular weight is 563 g/mol. The molecule has 9 heteroatoms. The predicted molar refractivity (Wildman–Crippen MR) is 154 cm³/mol. The summed E-state index contributed by atoms with van der Waals surface area (Å²) in [6, 6.07) is 14.8. The Morgan fingerprint density at radius 1 is 1.00 bits per heavy atom. The number of amides is 1. The van der Waals surface area contributed by atoms with E-state index >= 15 is 0 Å². The number of aryl methyl sites for hydroxylation is 2. The summed E-state index contributed by atoms with van der Waals surface area (Å²) in [4.78, 5) is 33.3. The van der Waals surface area contributed by atoms with Gasteiger partial charge in [-0.1, -0.05) is 35.1 Å². The summed E-state index contributed by atoms with van der Waals surface area (Å²) in [6.45, 7) is 8.54. The molecule has 3 aromatic carbocycles. The van der Waals surface area contributed by atoms with Crippen LogP contribution in [0.25, 0.3) is 16.0 Å². The van der Waals surface area contributed by atoms with Gasteiger partial charge in [0.05, 0.1) is 35.0 Å². The van der Waals surface area contributed by atoms with E-state index in [4.69, 9.17) is 26.1 Å². The second-order valence-corrected chi connectivity index (χ2v) is 10.6. The number of hydrogen-bond acceptors (Lipinski definition) is 7. The zero-order valence-electron chi connectivity index (χ0n) is 21.9. The van der Waals surface area contributed by atoms with E-state index in [0.717, 1.165) is 21.3 Å². The minimum atomic E-state index is -0.947. The van der Waals surface area contributed by atoms with Crippen LogP contribution in [0.15, 0.2) is 60.2 Å². The minimum absolute atomic E-state index is 0.0407. The fraction of sp³-hybridized carbons (Fsp3) is 0.233. The zero-order valence-corrected chi connectivity index (χ0v) is 23.5. The normalized spacial score (nSPS) is 16.7. The number of anilines is 1. The molecule has 200 valence electrons. The molecule has 0 bridgehead atoms. The smallest absolute Gasteiger partial charge is 0.301 e. The molecular weight excluding hydrogens is 536 g/mol. The Labute approximate surface area is 235 Å². The number of nitrogens with zero attached hydrogens (tertiary/aromatic N) is 2. The van der Waals surface area contributed by atoms with Crippen LogP contribution in [0, 0.1) is 13.8 Å². The molecule has 1 saturated heterocycles. The number of hydrogen-bond donors (Lipinski definition) is 1. The van der Waals surface area contributed by atoms with E-state index in [0.29, 0.717) is 46.0 Å². The van der Waals surface area contributed by atoms with Gasteiger partial charge in [0.25, 0.3) is 5.78 Å². The lowest BCUT2D eigenvalue weighted by Crippen LogP contribution is -2.29. The van der Waals surface area contributed by atoms with Gasteiger partial charge in [-0.3, -0.25) is 14.5 Å². The summed E-state index contributed by atoms with van der Waals surface area (Å²) in [6.07, 6.45) is 0. The van der Waals surface area contributed by atoms with E-state index in [2.05, 4.69) is 0 Å². The summed E-state index contributed by atoms with van der Waals surface area (Å²) in [5.41, 5.74) is 3.71. The molecule has 4 aromatic rings. The van der Waals surface area contributed by atoms with Crippen LogP contribution >= 0.6 is 22.9 Å². The van der Waals surface area contributed by atoms with Gasteiger partial charge in [0.1, 0.15) is 5.76 Å². The molecule has 1 aliphatic heterocycles. The van der Waals surface area contributed by atoms with Crippen molar-refractivity contribution >= 4 is 55.7 Å². The van der Waals surface area contributed by atoms with Gasteiger partial charge in [-0.15, -0.1) is 0 Å². The maximum atomic E-state index is 13.6. The maximum Gasteiger partial charge on any atom is 0.301 e. The van der Waals surface area contributed by atoms with Gasteiger partial charge in [-0.25, -0.2) is 4.98 Å². The number of thiazole rings is 1. The van der Waals surface area contributed by atoms with Crippen molar-refractivity contribution in [3.8, 4) is 11.5 Å². The van der Waals surface area contributed by atoms with Crippen molar-refractivity contribution < 1.29 is 24.2 Å². The quantitative estimate of drug-likeness (QED) is 0.148. The number of carbonyl (C=O) groups is 2. The van der Waals surface area contributed by atoms with E-state index in [1.807, 2.05) is 39.8 Å². The van der Waals surface area contributed by atoms with E-state index in [1.54, 1.807) is 42.5 Å². The van der Waals surface area contributed by atoms with Gasteiger partial charge in [0, 0.05) is 10.6 Å². The lowest BCUT2D eigenvalue weighted by atomic mass is 9.95. The molecule has 0 radical (unpaired) electrons. The highest BCUT2D eigenvalue weighted by molar-refractivity contribution is 7.22. The first-order valence-corrected chi connectivity index (χ1v) is 13.8. The van der Waals surface area contributed by atoms with Crippen LogP contribution in [0.5, 0.6) is 11.5 Å². The number of ether oxygens (including phenoxy) is 2. The summed E-state index contributed by atoms with van der Waals surface area (Å²) in [7, 11) is 0. The molecule has 0 spiro atoms. The Morgan fingerprint density at radius 3 is 2.38 bits per heavy atom. The second-order valence-electron chi connectivity index (χ2n) is 9.17. The SMILES string of the molecule is CCOc1ccc(C2/C(=C(\O)c3ccc(Cl)cc3)C(=O)C(=O)N2c2nc3c(C)cc(C)cc3s2)cc1OCC. The fourth-order valence-corrected chi connectivity index (χ4v) is 6.10. The molecule has 1 atom stereocenters. The first-order valence-electron chi connectivity index (χ1n) is 12.6. The Kier molecular flexibility index (Phi) is 7.34. The van der Waals surface area contributed by atoms with Crippen LogP contribution in [0.1, 0.15) is 42.1 Å². The fourth-order valence-electron chi connectivity index (χ4n) is 4.81. The summed E-state index contributed by atoms with van der Waals surface area (Å²) in [5.74, 6) is -0.840. The van der Waals surface area contributed by atoms with Crippen molar-refractivity contribution in [1.29, 1.82) is 0 Å². The number of rotatable bonds is 7. The van der Waals surface area contributed by atoms with Crippen LogP contribution in [-0.4, -0.2) is 35.0 Å². The number of Topliss-reactive ketones (excluding diaryl/α,β-unsaturated/α-hetero) is 1. The molecule has 1 aromatic heterocycles. The molecule has 1 unspecified atom stereocenters. The lowest BCUT2D eigenvalue weighted by Gasteiger charge is -2.24. The minimum Gasteiger partial charge on any atom is -0.507 e. The number of fused-ring (bicyclic) bond motifs is 1. The predicted octanol–water partition coefficient (Wildman–Crippen LogP) is 6.99. The van der Waals surface area contributed by atoms with Crippen LogP contribution in [0.2, 0.25) is 5.02 Å². The van der Waals surface area contributed by atoms with Crippen LogP contribution in [0.4, 0.5) is 5.13 Å². The number of benzene rings is 3. The highest BCUT2D eigenvalue weighted by atomic mass is 35.5. The van der Waals surface area contributed by atoms with Crippen molar-refractivity contribution in [1.82, 2.24) is 4.98 Å². The number of aliphatic hydroxyl groups excluding tert-OH is 1. The molecule has 1 fully saturated rings. The third kappa shape index (κ3) is 4.86. The highest BCUT2D eigenvalue weighted by Crippen LogP contribution is 2.46. The second kappa shape index (κ2) is 10.7. The third-order valence-electron chi connectivity index (χ3n) is 6.47. The highest BCUT2D eigenvalue weighted by Gasteiger charge is 2.48. The van der Waals surface area contributed by atoms with E-state index in [9.17, 15) is 14.7 Å². The van der Waals surface area contributed by atoms with Crippen LogP contribution in [0.3, 0.4) is 0 Å². The number of halogens is 1. The Morgan fingerprint density at radius 2 is 1.69 bits per heavy atom.